The van der Waals surface area contributed by atoms with Crippen molar-refractivity contribution in [2.24, 2.45) is 0 Å². The topological polar surface area (TPSA) is 62.6 Å². The fourth-order valence-corrected chi connectivity index (χ4v) is 4.47. The number of nitrogens with zero attached hydrogens (tertiary/aromatic N) is 2. The first-order chi connectivity index (χ1) is 15.5. The fraction of sp³-hybridized carbons (Fsp3) is 0.481. The van der Waals surface area contributed by atoms with Crippen LogP contribution in [-0.4, -0.2) is 32.5 Å². The van der Waals surface area contributed by atoms with Gasteiger partial charge >= 0.3 is 6.09 Å². The summed E-state index contributed by atoms with van der Waals surface area (Å²) in [6, 6.07) is 16.4. The second-order valence-corrected chi connectivity index (χ2v) is 14.3. The van der Waals surface area contributed by atoms with Crippen molar-refractivity contribution >= 4 is 14.4 Å². The molecule has 0 bridgehead atoms. The van der Waals surface area contributed by atoms with Gasteiger partial charge in [-0.25, -0.2) is 4.79 Å². The molecule has 0 spiro atoms. The molecular formula is C27H38N2O3Si. The summed E-state index contributed by atoms with van der Waals surface area (Å²) in [5, 5.41) is 9.70. The molecule has 0 aliphatic heterocycles. The third kappa shape index (κ3) is 6.46. The zero-order valence-electron chi connectivity index (χ0n) is 21.4. The van der Waals surface area contributed by atoms with E-state index in [1.54, 1.807) is 11.8 Å². The van der Waals surface area contributed by atoms with Gasteiger partial charge in [0.1, 0.15) is 0 Å². The number of hydrogen-bond donors (Lipinski definition) is 0. The van der Waals surface area contributed by atoms with Crippen molar-refractivity contribution in [3.05, 3.63) is 59.2 Å². The average Bonchev–Trinajstić information content (AvgIpc) is 2.78. The van der Waals surface area contributed by atoms with Crippen LogP contribution in [0, 0.1) is 11.3 Å². The zero-order valence-corrected chi connectivity index (χ0v) is 22.4. The lowest BCUT2D eigenvalue weighted by Gasteiger charge is -2.37. The van der Waals surface area contributed by atoms with Gasteiger partial charge in [-0.05, 0) is 92.8 Å². The maximum absolute atomic E-state index is 12.6. The summed E-state index contributed by atoms with van der Waals surface area (Å²) in [6.07, 6.45) is -0.356. The van der Waals surface area contributed by atoms with E-state index in [9.17, 15) is 10.1 Å². The maximum Gasteiger partial charge on any atom is 0.410 e. The van der Waals surface area contributed by atoms with Crippen molar-refractivity contribution in [3.8, 4) is 17.2 Å². The highest BCUT2D eigenvalue weighted by Gasteiger charge is 2.33. The molecule has 6 heteroatoms. The molecule has 1 amide bonds. The molecule has 0 fully saturated rings. The molecule has 178 valence electrons. The largest absolute Gasteiger partial charge is 0.450 e. The first kappa shape index (κ1) is 26.6. The van der Waals surface area contributed by atoms with E-state index < -0.39 is 13.9 Å². The number of carbonyl (C=O) groups excluding carboxylic acids is 1. The Bertz CT molecular complexity index is 1010. The van der Waals surface area contributed by atoms with Crippen LogP contribution in [0.4, 0.5) is 4.79 Å². The monoisotopic (exact) mass is 466 g/mol. The molecule has 2 aromatic carbocycles. The Labute approximate surface area is 200 Å². The summed E-state index contributed by atoms with van der Waals surface area (Å²) in [4.78, 5) is 14.3. The summed E-state index contributed by atoms with van der Waals surface area (Å²) in [5.41, 5.74) is 4.42. The summed E-state index contributed by atoms with van der Waals surface area (Å²) in [6.45, 7) is 18.0. The van der Waals surface area contributed by atoms with Crippen LogP contribution in [0.5, 0.6) is 0 Å². The number of amides is 1. The first-order valence-electron chi connectivity index (χ1n) is 11.7. The molecule has 5 nitrogen and oxygen atoms in total. The number of carbonyl (C=O) groups is 1. The summed E-state index contributed by atoms with van der Waals surface area (Å²) in [5.74, 6) is 0. The van der Waals surface area contributed by atoms with E-state index in [0.29, 0.717) is 30.9 Å². The number of nitriles is 1. The Morgan fingerprint density at radius 3 is 2.39 bits per heavy atom. The second kappa shape index (κ2) is 11.0. The Morgan fingerprint density at radius 1 is 1.12 bits per heavy atom. The van der Waals surface area contributed by atoms with E-state index in [1.165, 1.54) is 0 Å². The van der Waals surface area contributed by atoms with Crippen LogP contribution < -0.4 is 0 Å². The van der Waals surface area contributed by atoms with E-state index in [4.69, 9.17) is 9.16 Å². The molecular weight excluding hydrogens is 428 g/mol. The SMILES string of the molecule is CCOC(=O)N(CC)C(C)(C)c1cc(C#N)cc(-c2cccc(CO[Si](C)(C)C(C)C)c2)c1. The van der Waals surface area contributed by atoms with Gasteiger partial charge in [-0.1, -0.05) is 32.0 Å². The van der Waals surface area contributed by atoms with Gasteiger partial charge in [0.15, 0.2) is 8.32 Å². The number of benzene rings is 2. The summed E-state index contributed by atoms with van der Waals surface area (Å²) >= 11 is 0. The second-order valence-electron chi connectivity index (χ2n) is 9.66. The molecule has 2 rings (SSSR count). The number of hydrogen-bond acceptors (Lipinski definition) is 4. The number of rotatable bonds is 9. The van der Waals surface area contributed by atoms with E-state index in [2.05, 4.69) is 51.2 Å². The fourth-order valence-electron chi connectivity index (χ4n) is 3.60. The standard InChI is InChI=1S/C27H38N2O3Si/c1-9-29(26(30)31-10-2)27(5,6)25-16-22(18-28)15-24(17-25)23-13-11-12-21(14-23)19-32-33(7,8)20(3)4/h11-17,20H,9-10,19H2,1-8H3. The van der Waals surface area contributed by atoms with Gasteiger partial charge < -0.3 is 9.16 Å². The predicted octanol–water partition coefficient (Wildman–Crippen LogP) is 7.07. The van der Waals surface area contributed by atoms with Crippen molar-refractivity contribution in [2.45, 2.75) is 72.3 Å². The highest BCUT2D eigenvalue weighted by atomic mass is 28.4. The third-order valence-electron chi connectivity index (χ3n) is 6.51. The molecule has 0 aromatic heterocycles. The molecule has 0 N–H and O–H groups in total. The molecule has 0 heterocycles. The lowest BCUT2D eigenvalue weighted by molar-refractivity contribution is 0.0670. The van der Waals surface area contributed by atoms with E-state index in [-0.39, 0.29) is 6.09 Å². The van der Waals surface area contributed by atoms with Gasteiger partial charge in [0.2, 0.25) is 0 Å². The van der Waals surface area contributed by atoms with E-state index >= 15 is 0 Å². The van der Waals surface area contributed by atoms with Crippen LogP contribution in [-0.2, 0) is 21.3 Å². The van der Waals surface area contributed by atoms with Gasteiger partial charge in [-0.15, -0.1) is 0 Å². The van der Waals surface area contributed by atoms with Crippen molar-refractivity contribution in [2.75, 3.05) is 13.2 Å². The zero-order chi connectivity index (χ0) is 24.8. The van der Waals surface area contributed by atoms with Gasteiger partial charge in [0.05, 0.1) is 30.4 Å². The van der Waals surface area contributed by atoms with E-state index in [0.717, 1.165) is 22.3 Å². The van der Waals surface area contributed by atoms with Gasteiger partial charge in [0.25, 0.3) is 0 Å². The van der Waals surface area contributed by atoms with Crippen LogP contribution in [0.15, 0.2) is 42.5 Å². The number of ether oxygens (including phenoxy) is 1. The van der Waals surface area contributed by atoms with E-state index in [1.807, 2.05) is 45.0 Å². The Morgan fingerprint density at radius 2 is 1.82 bits per heavy atom. The van der Waals surface area contributed by atoms with Crippen LogP contribution in [0.1, 0.15) is 58.2 Å². The van der Waals surface area contributed by atoms with Crippen LogP contribution in [0.25, 0.3) is 11.1 Å². The summed E-state index contributed by atoms with van der Waals surface area (Å²) < 4.78 is 11.6. The molecule has 0 radical (unpaired) electrons. The molecule has 2 aromatic rings. The maximum atomic E-state index is 12.6. The lowest BCUT2D eigenvalue weighted by Crippen LogP contribution is -2.45. The van der Waals surface area contributed by atoms with Crippen LogP contribution >= 0.6 is 0 Å². The highest BCUT2D eigenvalue weighted by molar-refractivity contribution is 6.72. The van der Waals surface area contributed by atoms with Crippen LogP contribution in [0.3, 0.4) is 0 Å². The Hall–Kier alpha value is -2.62. The quantitative estimate of drug-likeness (QED) is 0.371. The Kier molecular flexibility index (Phi) is 8.87. The molecule has 0 aliphatic carbocycles. The first-order valence-corrected chi connectivity index (χ1v) is 14.7. The smallest absolute Gasteiger partial charge is 0.410 e. The molecule has 0 atom stereocenters. The molecule has 33 heavy (non-hydrogen) atoms. The van der Waals surface area contributed by atoms with Crippen molar-refractivity contribution in [1.82, 2.24) is 4.90 Å². The minimum atomic E-state index is -1.74. The highest BCUT2D eigenvalue weighted by Crippen LogP contribution is 2.33. The van der Waals surface area contributed by atoms with Gasteiger partial charge in [-0.3, -0.25) is 4.90 Å². The minimum absolute atomic E-state index is 0.320. The van der Waals surface area contributed by atoms with Crippen molar-refractivity contribution in [1.29, 1.82) is 5.26 Å². The normalized spacial score (nSPS) is 11.9. The van der Waals surface area contributed by atoms with Gasteiger partial charge in [0, 0.05) is 6.54 Å². The predicted molar refractivity (Wildman–Crippen MR) is 136 cm³/mol. The molecule has 0 unspecified atom stereocenters. The molecule has 0 saturated carbocycles. The summed E-state index contributed by atoms with van der Waals surface area (Å²) in [7, 11) is -1.74. The van der Waals surface area contributed by atoms with Crippen molar-refractivity contribution in [3.63, 3.8) is 0 Å². The van der Waals surface area contributed by atoms with Crippen LogP contribution in [0.2, 0.25) is 18.6 Å². The lowest BCUT2D eigenvalue weighted by atomic mass is 9.88. The molecule has 0 aliphatic rings. The molecule has 0 saturated heterocycles. The van der Waals surface area contributed by atoms with Crippen molar-refractivity contribution < 1.29 is 14.0 Å². The Balaban J connectivity index is 2.44. The third-order valence-corrected chi connectivity index (χ3v) is 10.2. The van der Waals surface area contributed by atoms with Gasteiger partial charge in [-0.2, -0.15) is 5.26 Å². The average molecular weight is 467 g/mol. The minimum Gasteiger partial charge on any atom is -0.450 e.